The van der Waals surface area contributed by atoms with Gasteiger partial charge in [-0.3, -0.25) is 4.57 Å². The summed E-state index contributed by atoms with van der Waals surface area (Å²) in [5, 5.41) is 3.95. The molecule has 0 fully saturated rings. The minimum absolute atomic E-state index is 0.241. The van der Waals surface area contributed by atoms with Crippen molar-refractivity contribution in [3.8, 4) is 0 Å². The van der Waals surface area contributed by atoms with Gasteiger partial charge in [0.15, 0.2) is 5.78 Å². The molecule has 0 aliphatic heterocycles. The molecule has 142 valence electrons. The predicted molar refractivity (Wildman–Crippen MR) is 109 cm³/mol. The normalized spacial score (nSPS) is 13.2. The Balaban J connectivity index is 2.47. The molecule has 0 bridgehead atoms. The molecule has 0 spiro atoms. The third-order valence-corrected chi connectivity index (χ3v) is 6.32. The van der Waals surface area contributed by atoms with E-state index in [2.05, 4.69) is 5.32 Å². The van der Waals surface area contributed by atoms with Gasteiger partial charge < -0.3 is 14.4 Å². The minimum atomic E-state index is -3.51. The summed E-state index contributed by atoms with van der Waals surface area (Å²) in [5.74, 6) is -0.646. The van der Waals surface area contributed by atoms with Crippen molar-refractivity contribution in [3.05, 3.63) is 64.7 Å². The van der Waals surface area contributed by atoms with Crippen LogP contribution < -0.4 is 5.32 Å². The second kappa shape index (κ2) is 9.05. The maximum absolute atomic E-state index is 13.8. The molecule has 0 saturated heterocycles. The molecule has 26 heavy (non-hydrogen) atoms. The van der Waals surface area contributed by atoms with Gasteiger partial charge in [-0.25, -0.2) is 0 Å². The molecule has 2 aromatic carbocycles. The van der Waals surface area contributed by atoms with Crippen molar-refractivity contribution in [2.75, 3.05) is 5.32 Å². The van der Waals surface area contributed by atoms with Crippen molar-refractivity contribution in [3.63, 3.8) is 0 Å². The summed E-state index contributed by atoms with van der Waals surface area (Å²) in [5.41, 5.74) is 2.79. The van der Waals surface area contributed by atoms with E-state index in [4.69, 9.17) is 20.6 Å². The zero-order valence-corrected chi connectivity index (χ0v) is 17.6. The van der Waals surface area contributed by atoms with Crippen molar-refractivity contribution >= 4 is 24.9 Å². The summed E-state index contributed by atoms with van der Waals surface area (Å²) < 4.78 is 25.4. The average Bonchev–Trinajstić information content (AvgIpc) is 2.53. The van der Waals surface area contributed by atoms with E-state index in [0.717, 1.165) is 16.8 Å². The first-order valence-corrected chi connectivity index (χ1v) is 10.7. The standard InChI is InChI=1S/C20H27ClNO3P/c1-14(2)24-26(23,25-15(3)4)20(17-8-10-18(21)11-9-17)22-19-12-6-16(5)7-13-19/h6-15,20,22H,1-5H3. The van der Waals surface area contributed by atoms with Gasteiger partial charge in [0, 0.05) is 10.7 Å². The van der Waals surface area contributed by atoms with Crippen LogP contribution >= 0.6 is 19.2 Å². The highest BCUT2D eigenvalue weighted by molar-refractivity contribution is 7.54. The number of nitrogens with one attached hydrogen (secondary N) is 1. The van der Waals surface area contributed by atoms with Gasteiger partial charge in [-0.15, -0.1) is 0 Å². The van der Waals surface area contributed by atoms with Gasteiger partial charge in [0.1, 0.15) is 0 Å². The number of anilines is 1. The largest absolute Gasteiger partial charge is 0.368 e. The van der Waals surface area contributed by atoms with Crippen LogP contribution in [-0.2, 0) is 13.6 Å². The first kappa shape index (κ1) is 21.0. The topological polar surface area (TPSA) is 47.6 Å². The van der Waals surface area contributed by atoms with Gasteiger partial charge in [0.05, 0.1) is 12.2 Å². The Labute approximate surface area is 161 Å². The number of halogens is 1. The van der Waals surface area contributed by atoms with E-state index in [1.807, 2.05) is 71.0 Å². The number of benzene rings is 2. The molecule has 1 unspecified atom stereocenters. The van der Waals surface area contributed by atoms with Crippen molar-refractivity contribution in [1.29, 1.82) is 0 Å². The lowest BCUT2D eigenvalue weighted by molar-refractivity contribution is 0.138. The zero-order chi connectivity index (χ0) is 19.3. The predicted octanol–water partition coefficient (Wildman–Crippen LogP) is 6.80. The SMILES string of the molecule is Cc1ccc(NC(c2ccc(Cl)cc2)P(=O)(OC(C)C)OC(C)C)cc1. The third kappa shape index (κ3) is 5.85. The van der Waals surface area contributed by atoms with E-state index in [9.17, 15) is 4.57 Å². The Morgan fingerprint density at radius 1 is 0.885 bits per heavy atom. The number of hydrogen-bond donors (Lipinski definition) is 1. The lowest BCUT2D eigenvalue weighted by atomic mass is 10.2. The second-order valence-corrected chi connectivity index (χ2v) is 9.27. The van der Waals surface area contributed by atoms with Crippen molar-refractivity contribution in [1.82, 2.24) is 0 Å². The quantitative estimate of drug-likeness (QED) is 0.499. The smallest absolute Gasteiger partial charge is 0.357 e. The molecule has 0 heterocycles. The third-order valence-electron chi connectivity index (χ3n) is 3.57. The van der Waals surface area contributed by atoms with E-state index < -0.39 is 13.4 Å². The number of hydrogen-bond acceptors (Lipinski definition) is 4. The molecule has 0 radical (unpaired) electrons. The van der Waals surface area contributed by atoms with E-state index >= 15 is 0 Å². The van der Waals surface area contributed by atoms with Gasteiger partial charge in [-0.2, -0.15) is 0 Å². The van der Waals surface area contributed by atoms with Crippen molar-refractivity contribution in [2.24, 2.45) is 0 Å². The first-order chi connectivity index (χ1) is 12.2. The molecule has 2 rings (SSSR count). The van der Waals surface area contributed by atoms with E-state index in [-0.39, 0.29) is 12.2 Å². The molecule has 0 aromatic heterocycles. The molecule has 1 N–H and O–H groups in total. The molecule has 2 aromatic rings. The Morgan fingerprint density at radius 3 is 1.85 bits per heavy atom. The van der Waals surface area contributed by atoms with Crippen LogP contribution in [0.15, 0.2) is 48.5 Å². The van der Waals surface area contributed by atoms with Crippen LogP contribution in [-0.4, -0.2) is 12.2 Å². The highest BCUT2D eigenvalue weighted by Gasteiger charge is 2.39. The fraction of sp³-hybridized carbons (Fsp3) is 0.400. The maximum atomic E-state index is 13.8. The Kier molecular flexibility index (Phi) is 7.31. The molecular formula is C20H27ClNO3P. The van der Waals surface area contributed by atoms with Crippen LogP contribution in [0.5, 0.6) is 0 Å². The Bertz CT molecular complexity index is 731. The second-order valence-electron chi connectivity index (χ2n) is 6.81. The lowest BCUT2D eigenvalue weighted by Crippen LogP contribution is -2.19. The summed E-state index contributed by atoms with van der Waals surface area (Å²) in [4.78, 5) is 0. The maximum Gasteiger partial charge on any atom is 0.357 e. The summed E-state index contributed by atoms with van der Waals surface area (Å²) in [6.45, 7) is 9.42. The summed E-state index contributed by atoms with van der Waals surface area (Å²) in [6, 6.07) is 15.1. The lowest BCUT2D eigenvalue weighted by Gasteiger charge is -2.31. The van der Waals surface area contributed by atoms with Gasteiger partial charge in [-0.05, 0) is 64.4 Å². The van der Waals surface area contributed by atoms with E-state index in [0.29, 0.717) is 5.02 Å². The molecule has 0 amide bonds. The van der Waals surface area contributed by atoms with E-state index in [1.54, 1.807) is 12.1 Å². The number of rotatable bonds is 8. The Hall–Kier alpha value is -1.32. The first-order valence-electron chi connectivity index (χ1n) is 8.75. The van der Waals surface area contributed by atoms with Crippen LogP contribution in [0, 0.1) is 6.92 Å². The summed E-state index contributed by atoms with van der Waals surface area (Å²) in [6.07, 6.45) is -0.483. The van der Waals surface area contributed by atoms with Crippen molar-refractivity contribution in [2.45, 2.75) is 52.6 Å². The summed E-state index contributed by atoms with van der Waals surface area (Å²) in [7, 11) is -3.51. The van der Waals surface area contributed by atoms with Crippen LogP contribution in [0.1, 0.15) is 44.6 Å². The molecule has 1 atom stereocenters. The molecule has 6 heteroatoms. The average molecular weight is 396 g/mol. The van der Waals surface area contributed by atoms with E-state index in [1.165, 1.54) is 0 Å². The van der Waals surface area contributed by atoms with Gasteiger partial charge >= 0.3 is 7.60 Å². The fourth-order valence-corrected chi connectivity index (χ4v) is 4.97. The highest BCUT2D eigenvalue weighted by atomic mass is 35.5. The minimum Gasteiger partial charge on any atom is -0.368 e. The van der Waals surface area contributed by atoms with Crippen LogP contribution in [0.4, 0.5) is 5.69 Å². The highest BCUT2D eigenvalue weighted by Crippen LogP contribution is 2.62. The van der Waals surface area contributed by atoms with Crippen molar-refractivity contribution < 1.29 is 13.6 Å². The monoisotopic (exact) mass is 395 g/mol. The molecule has 4 nitrogen and oxygen atoms in total. The fourth-order valence-electron chi connectivity index (χ4n) is 2.53. The molecular weight excluding hydrogens is 369 g/mol. The van der Waals surface area contributed by atoms with Crippen LogP contribution in [0.2, 0.25) is 5.02 Å². The van der Waals surface area contributed by atoms with Gasteiger partial charge in [0.25, 0.3) is 0 Å². The van der Waals surface area contributed by atoms with Crippen LogP contribution in [0.3, 0.4) is 0 Å². The summed E-state index contributed by atoms with van der Waals surface area (Å²) >= 11 is 6.02. The van der Waals surface area contributed by atoms with Crippen LogP contribution in [0.25, 0.3) is 0 Å². The molecule has 0 aliphatic carbocycles. The Morgan fingerprint density at radius 2 is 1.38 bits per heavy atom. The zero-order valence-electron chi connectivity index (χ0n) is 15.9. The number of aryl methyl sites for hydroxylation is 1. The van der Waals surface area contributed by atoms with Gasteiger partial charge in [-0.1, -0.05) is 41.4 Å². The molecule has 0 saturated carbocycles. The molecule has 0 aliphatic rings. The van der Waals surface area contributed by atoms with Gasteiger partial charge in [0.2, 0.25) is 0 Å².